The quantitative estimate of drug-likeness (QED) is 0.557. The lowest BCUT2D eigenvalue weighted by molar-refractivity contribution is -0.152. The molecule has 1 aromatic carbocycles. The Morgan fingerprint density at radius 2 is 2.16 bits per heavy atom. The van der Waals surface area contributed by atoms with Crippen LogP contribution in [-0.4, -0.2) is 59.4 Å². The lowest BCUT2D eigenvalue weighted by atomic mass is 10.1. The van der Waals surface area contributed by atoms with Gasteiger partial charge >= 0.3 is 0 Å². The molecule has 166 valence electrons. The number of methoxy groups -OCH3 is 1. The standard InChI is InChI=1S/C23H23ClN4O3S/c1-31-14-20-23(30)27(13-15-2-5-17-18(25)8-9-26-19(17)12-15)10-11-28(20)22(29)7-4-16-3-6-21(24)32-16/h2-9,12,20H,10-11,13-14H2,1H3,(H2,25,26)/b7-4+. The Morgan fingerprint density at radius 1 is 1.31 bits per heavy atom. The summed E-state index contributed by atoms with van der Waals surface area (Å²) >= 11 is 7.33. The minimum atomic E-state index is -0.674. The highest BCUT2D eigenvalue weighted by atomic mass is 35.5. The van der Waals surface area contributed by atoms with Gasteiger partial charge in [-0.1, -0.05) is 23.7 Å². The first-order valence-corrected chi connectivity index (χ1v) is 11.3. The van der Waals surface area contributed by atoms with Crippen LogP contribution in [0.3, 0.4) is 0 Å². The first-order chi connectivity index (χ1) is 15.5. The average molecular weight is 471 g/mol. The smallest absolute Gasteiger partial charge is 0.248 e. The normalized spacial score (nSPS) is 16.9. The molecule has 1 atom stereocenters. The Labute approximate surface area is 195 Å². The molecule has 7 nitrogen and oxygen atoms in total. The minimum absolute atomic E-state index is 0.134. The topological polar surface area (TPSA) is 88.8 Å². The molecule has 32 heavy (non-hydrogen) atoms. The van der Waals surface area contributed by atoms with Crippen molar-refractivity contribution in [1.82, 2.24) is 14.8 Å². The molecule has 1 unspecified atom stereocenters. The number of carbonyl (C=O) groups excluding carboxylic acids is 2. The summed E-state index contributed by atoms with van der Waals surface area (Å²) in [5, 5.41) is 0.883. The largest absolute Gasteiger partial charge is 0.398 e. The van der Waals surface area contributed by atoms with E-state index in [1.807, 2.05) is 24.3 Å². The molecule has 3 aromatic rings. The maximum atomic E-state index is 13.2. The molecule has 3 heterocycles. The van der Waals surface area contributed by atoms with Gasteiger partial charge in [-0.05, 0) is 35.9 Å². The number of carbonyl (C=O) groups is 2. The number of rotatable bonds is 6. The summed E-state index contributed by atoms with van der Waals surface area (Å²) < 4.78 is 5.92. The number of thiophene rings is 1. The molecule has 1 fully saturated rings. The van der Waals surface area contributed by atoms with E-state index in [0.717, 1.165) is 21.3 Å². The zero-order chi connectivity index (χ0) is 22.7. The summed E-state index contributed by atoms with van der Waals surface area (Å²) in [7, 11) is 1.53. The van der Waals surface area contributed by atoms with E-state index in [2.05, 4.69) is 4.98 Å². The van der Waals surface area contributed by atoms with Gasteiger partial charge in [-0.15, -0.1) is 11.3 Å². The van der Waals surface area contributed by atoms with Crippen molar-refractivity contribution in [3.63, 3.8) is 0 Å². The predicted molar refractivity (Wildman–Crippen MR) is 127 cm³/mol. The zero-order valence-corrected chi connectivity index (χ0v) is 19.1. The molecule has 0 radical (unpaired) electrons. The number of halogens is 1. The summed E-state index contributed by atoms with van der Waals surface area (Å²) in [6, 6.07) is 10.5. The van der Waals surface area contributed by atoms with Crippen LogP contribution < -0.4 is 5.73 Å². The van der Waals surface area contributed by atoms with Crippen LogP contribution in [0.5, 0.6) is 0 Å². The van der Waals surface area contributed by atoms with Crippen LogP contribution in [0.4, 0.5) is 5.69 Å². The van der Waals surface area contributed by atoms with Gasteiger partial charge in [0.05, 0.1) is 16.5 Å². The van der Waals surface area contributed by atoms with E-state index in [1.54, 1.807) is 34.2 Å². The van der Waals surface area contributed by atoms with Gasteiger partial charge in [0.2, 0.25) is 11.8 Å². The number of nitrogens with zero attached hydrogens (tertiary/aromatic N) is 3. The molecule has 2 aromatic heterocycles. The molecule has 0 saturated carbocycles. The molecular weight excluding hydrogens is 448 g/mol. The van der Waals surface area contributed by atoms with Crippen LogP contribution in [0.2, 0.25) is 4.34 Å². The Hall–Kier alpha value is -2.94. The van der Waals surface area contributed by atoms with E-state index >= 15 is 0 Å². The predicted octanol–water partition coefficient (Wildman–Crippen LogP) is 3.43. The number of nitrogens with two attached hydrogens (primary N) is 1. The maximum Gasteiger partial charge on any atom is 0.248 e. The fourth-order valence-electron chi connectivity index (χ4n) is 3.78. The van der Waals surface area contributed by atoms with E-state index in [0.29, 0.717) is 29.7 Å². The average Bonchev–Trinajstić information content (AvgIpc) is 3.20. The Balaban J connectivity index is 1.48. The van der Waals surface area contributed by atoms with Crippen LogP contribution >= 0.6 is 22.9 Å². The van der Waals surface area contributed by atoms with E-state index in [1.165, 1.54) is 24.5 Å². The van der Waals surface area contributed by atoms with E-state index < -0.39 is 6.04 Å². The summed E-state index contributed by atoms with van der Waals surface area (Å²) in [5.74, 6) is -0.366. The number of anilines is 1. The first kappa shape index (κ1) is 22.3. The van der Waals surface area contributed by atoms with Gasteiger partial charge in [0.1, 0.15) is 6.04 Å². The molecule has 1 aliphatic heterocycles. The fourth-order valence-corrected chi connectivity index (χ4v) is 4.74. The monoisotopic (exact) mass is 470 g/mol. The van der Waals surface area contributed by atoms with Crippen molar-refractivity contribution in [2.45, 2.75) is 12.6 Å². The molecule has 0 spiro atoms. The summed E-state index contributed by atoms with van der Waals surface area (Å²) in [6.45, 7) is 1.42. The van der Waals surface area contributed by atoms with Gasteiger partial charge in [-0.3, -0.25) is 14.6 Å². The molecule has 2 N–H and O–H groups in total. The van der Waals surface area contributed by atoms with Gasteiger partial charge < -0.3 is 20.3 Å². The van der Waals surface area contributed by atoms with Crippen molar-refractivity contribution in [2.75, 3.05) is 32.5 Å². The van der Waals surface area contributed by atoms with E-state index in [-0.39, 0.29) is 18.4 Å². The number of fused-ring (bicyclic) bond motifs is 1. The molecular formula is C23H23ClN4O3S. The number of amides is 2. The summed E-state index contributed by atoms with van der Waals surface area (Å²) in [4.78, 5) is 34.6. The highest BCUT2D eigenvalue weighted by molar-refractivity contribution is 7.17. The number of benzene rings is 1. The number of piperazine rings is 1. The summed E-state index contributed by atoms with van der Waals surface area (Å²) in [5.41, 5.74) is 8.41. The molecule has 9 heteroatoms. The summed E-state index contributed by atoms with van der Waals surface area (Å²) in [6.07, 6.45) is 4.86. The van der Waals surface area contributed by atoms with Crippen molar-refractivity contribution in [2.24, 2.45) is 0 Å². The van der Waals surface area contributed by atoms with E-state index in [9.17, 15) is 9.59 Å². The highest BCUT2D eigenvalue weighted by Crippen LogP contribution is 2.24. The molecule has 2 amide bonds. The number of pyridine rings is 1. The van der Waals surface area contributed by atoms with Crippen molar-refractivity contribution < 1.29 is 14.3 Å². The third-order valence-corrected chi connectivity index (χ3v) is 6.59. The number of aromatic nitrogens is 1. The second-order valence-corrected chi connectivity index (χ2v) is 9.24. The number of hydrogen-bond acceptors (Lipinski definition) is 6. The second-order valence-electron chi connectivity index (χ2n) is 7.49. The third-order valence-electron chi connectivity index (χ3n) is 5.39. The lowest BCUT2D eigenvalue weighted by Crippen LogP contribution is -2.59. The van der Waals surface area contributed by atoms with Crippen LogP contribution in [0.1, 0.15) is 10.4 Å². The van der Waals surface area contributed by atoms with Crippen LogP contribution in [0.15, 0.2) is 48.7 Å². The SMILES string of the molecule is COCC1C(=O)N(Cc2ccc3c(N)ccnc3c2)CCN1C(=O)/C=C/c1ccc(Cl)s1. The minimum Gasteiger partial charge on any atom is -0.398 e. The molecule has 4 rings (SSSR count). The van der Waals surface area contributed by atoms with Crippen molar-refractivity contribution >= 4 is 57.4 Å². The zero-order valence-electron chi connectivity index (χ0n) is 17.5. The van der Waals surface area contributed by atoms with Crippen molar-refractivity contribution in [3.8, 4) is 0 Å². The second kappa shape index (κ2) is 9.68. The number of nitrogen functional groups attached to an aromatic ring is 1. The number of hydrogen-bond donors (Lipinski definition) is 1. The molecule has 1 saturated heterocycles. The van der Waals surface area contributed by atoms with Crippen molar-refractivity contribution in [3.05, 3.63) is 63.4 Å². The third kappa shape index (κ3) is 4.77. The van der Waals surface area contributed by atoms with Gasteiger partial charge in [0.25, 0.3) is 0 Å². The van der Waals surface area contributed by atoms with Crippen LogP contribution in [0, 0.1) is 0 Å². The first-order valence-electron chi connectivity index (χ1n) is 10.1. The molecule has 0 bridgehead atoms. The van der Waals surface area contributed by atoms with Gasteiger partial charge in [0, 0.05) is 55.0 Å². The Kier molecular flexibility index (Phi) is 6.74. The van der Waals surface area contributed by atoms with Crippen LogP contribution in [-0.2, 0) is 20.9 Å². The Bertz CT molecular complexity index is 1180. The van der Waals surface area contributed by atoms with Gasteiger partial charge in [-0.2, -0.15) is 0 Å². The van der Waals surface area contributed by atoms with Crippen molar-refractivity contribution in [1.29, 1.82) is 0 Å². The van der Waals surface area contributed by atoms with Gasteiger partial charge in [0.15, 0.2) is 0 Å². The van der Waals surface area contributed by atoms with Crippen LogP contribution in [0.25, 0.3) is 17.0 Å². The van der Waals surface area contributed by atoms with Gasteiger partial charge in [-0.25, -0.2) is 0 Å². The fraction of sp³-hybridized carbons (Fsp3) is 0.261. The molecule has 1 aliphatic rings. The lowest BCUT2D eigenvalue weighted by Gasteiger charge is -2.40. The highest BCUT2D eigenvalue weighted by Gasteiger charge is 2.36. The Morgan fingerprint density at radius 3 is 2.91 bits per heavy atom. The maximum absolute atomic E-state index is 13.2. The van der Waals surface area contributed by atoms with E-state index in [4.69, 9.17) is 22.1 Å². The number of ether oxygens (including phenoxy) is 1. The molecule has 0 aliphatic carbocycles.